The summed E-state index contributed by atoms with van der Waals surface area (Å²) >= 11 is 0. The van der Waals surface area contributed by atoms with Crippen LogP contribution in [0.15, 0.2) is 0 Å². The second-order valence-electron chi connectivity index (χ2n) is 4.50. The van der Waals surface area contributed by atoms with Crippen LogP contribution in [0.25, 0.3) is 0 Å². The maximum absolute atomic E-state index is 11.5. The normalized spacial score (nSPS) is 17.3. The largest absolute Gasteiger partial charge is 0.289 e. The first-order chi connectivity index (χ1) is 5.98. The monoisotopic (exact) mass is 223 g/mol. The second kappa shape index (κ2) is 3.51. The number of hydrogen-bond acceptors (Lipinski definition) is 4. The van der Waals surface area contributed by atoms with Crippen LogP contribution in [0.4, 0.5) is 0 Å². The number of hydrogen-bond donors (Lipinski definition) is 2. The molecule has 0 rings (SSSR count). The van der Waals surface area contributed by atoms with Crippen molar-refractivity contribution in [2.24, 2.45) is 5.41 Å². The van der Waals surface area contributed by atoms with Crippen molar-refractivity contribution in [1.29, 1.82) is 0 Å². The van der Waals surface area contributed by atoms with Gasteiger partial charge < -0.3 is 0 Å². The first kappa shape index (κ1) is 13.4. The van der Waals surface area contributed by atoms with E-state index in [1.807, 2.05) is 0 Å². The summed E-state index contributed by atoms with van der Waals surface area (Å²) in [5, 5.41) is 8.53. The minimum absolute atomic E-state index is 0.798. The highest BCUT2D eigenvalue weighted by molar-refractivity contribution is 7.92. The van der Waals surface area contributed by atoms with Gasteiger partial charge in [-0.3, -0.25) is 10.0 Å². The Labute approximate surface area is 84.4 Å². The standard InChI is InChI=1S/C8H17NO4S/c1-7(2,3)8(4,6(10)9-11)14(5,12)13/h11H,1-5H3,(H,9,10). The summed E-state index contributed by atoms with van der Waals surface area (Å²) in [7, 11) is -3.61. The Morgan fingerprint density at radius 3 is 1.64 bits per heavy atom. The molecule has 0 bridgehead atoms. The number of sulfone groups is 1. The molecular weight excluding hydrogens is 206 g/mol. The molecule has 0 fully saturated rings. The van der Waals surface area contributed by atoms with Crippen molar-refractivity contribution < 1.29 is 18.4 Å². The molecule has 0 aromatic rings. The molecule has 14 heavy (non-hydrogen) atoms. The minimum Gasteiger partial charge on any atom is -0.289 e. The molecule has 0 radical (unpaired) electrons. The van der Waals surface area contributed by atoms with Gasteiger partial charge in [-0.1, -0.05) is 20.8 Å². The Balaban J connectivity index is 5.66. The van der Waals surface area contributed by atoms with E-state index in [9.17, 15) is 13.2 Å². The fourth-order valence-corrected chi connectivity index (χ4v) is 2.67. The maximum Gasteiger partial charge on any atom is 0.265 e. The van der Waals surface area contributed by atoms with Gasteiger partial charge in [0.25, 0.3) is 5.91 Å². The van der Waals surface area contributed by atoms with Gasteiger partial charge in [-0.2, -0.15) is 0 Å². The highest BCUT2D eigenvalue weighted by Gasteiger charge is 2.52. The van der Waals surface area contributed by atoms with Gasteiger partial charge in [0.15, 0.2) is 14.6 Å². The van der Waals surface area contributed by atoms with Crippen LogP contribution in [0.2, 0.25) is 0 Å². The van der Waals surface area contributed by atoms with E-state index in [1.54, 1.807) is 20.8 Å². The molecule has 1 unspecified atom stereocenters. The zero-order valence-electron chi connectivity index (χ0n) is 9.08. The van der Waals surface area contributed by atoms with Gasteiger partial charge >= 0.3 is 0 Å². The van der Waals surface area contributed by atoms with Crippen molar-refractivity contribution in [3.8, 4) is 0 Å². The van der Waals surface area contributed by atoms with E-state index in [0.29, 0.717) is 0 Å². The van der Waals surface area contributed by atoms with Crippen LogP contribution >= 0.6 is 0 Å². The number of nitrogens with one attached hydrogen (secondary N) is 1. The molecule has 0 saturated heterocycles. The summed E-state index contributed by atoms with van der Waals surface area (Å²) < 4.78 is 21.4. The molecule has 1 atom stereocenters. The lowest BCUT2D eigenvalue weighted by atomic mass is 9.80. The maximum atomic E-state index is 11.5. The molecule has 0 saturated carbocycles. The molecule has 0 aliphatic carbocycles. The lowest BCUT2D eigenvalue weighted by molar-refractivity contribution is -0.134. The van der Waals surface area contributed by atoms with Crippen molar-refractivity contribution in [2.75, 3.05) is 6.26 Å². The summed E-state index contributed by atoms with van der Waals surface area (Å²) in [6.45, 7) is 6.18. The van der Waals surface area contributed by atoms with Gasteiger partial charge in [0, 0.05) is 6.26 Å². The van der Waals surface area contributed by atoms with E-state index in [4.69, 9.17) is 5.21 Å². The third-order valence-electron chi connectivity index (χ3n) is 2.71. The van der Waals surface area contributed by atoms with Crippen molar-refractivity contribution >= 4 is 15.7 Å². The van der Waals surface area contributed by atoms with Crippen LogP contribution < -0.4 is 5.48 Å². The highest BCUT2D eigenvalue weighted by atomic mass is 32.2. The van der Waals surface area contributed by atoms with E-state index in [2.05, 4.69) is 0 Å². The van der Waals surface area contributed by atoms with Crippen molar-refractivity contribution in [3.63, 3.8) is 0 Å². The molecule has 0 aromatic heterocycles. The van der Waals surface area contributed by atoms with Gasteiger partial charge in [-0.15, -0.1) is 0 Å². The van der Waals surface area contributed by atoms with Crippen LogP contribution in [-0.2, 0) is 14.6 Å². The zero-order valence-corrected chi connectivity index (χ0v) is 9.90. The third-order valence-corrected chi connectivity index (χ3v) is 4.99. The molecule has 5 nitrogen and oxygen atoms in total. The lowest BCUT2D eigenvalue weighted by Gasteiger charge is -2.37. The Bertz CT molecular complexity index is 328. The summed E-state index contributed by atoms with van der Waals surface area (Å²) in [5.74, 6) is -0.910. The Morgan fingerprint density at radius 1 is 1.21 bits per heavy atom. The van der Waals surface area contributed by atoms with Gasteiger partial charge in [-0.05, 0) is 12.3 Å². The summed E-state index contributed by atoms with van der Waals surface area (Å²) in [6, 6.07) is 0. The number of carbonyl (C=O) groups is 1. The molecule has 84 valence electrons. The Hall–Kier alpha value is -0.620. The summed E-state index contributed by atoms with van der Waals surface area (Å²) in [5.41, 5.74) is 0.602. The van der Waals surface area contributed by atoms with E-state index in [0.717, 1.165) is 6.26 Å². The van der Waals surface area contributed by atoms with E-state index >= 15 is 0 Å². The Morgan fingerprint density at radius 2 is 1.57 bits per heavy atom. The number of carbonyl (C=O) groups excluding carboxylic acids is 1. The van der Waals surface area contributed by atoms with Crippen LogP contribution in [0.1, 0.15) is 27.7 Å². The number of amides is 1. The first-order valence-electron chi connectivity index (χ1n) is 4.12. The average Bonchev–Trinajstić information content (AvgIpc) is 1.97. The number of rotatable bonds is 2. The molecule has 0 aromatic carbocycles. The molecular formula is C8H17NO4S. The van der Waals surface area contributed by atoms with Crippen molar-refractivity contribution in [2.45, 2.75) is 32.4 Å². The fraction of sp³-hybridized carbons (Fsp3) is 0.875. The van der Waals surface area contributed by atoms with Gasteiger partial charge in [0.1, 0.15) is 0 Å². The molecule has 0 aliphatic rings. The topological polar surface area (TPSA) is 83.5 Å². The molecule has 2 N–H and O–H groups in total. The third kappa shape index (κ3) is 1.90. The molecule has 0 heterocycles. The molecule has 1 amide bonds. The van der Waals surface area contributed by atoms with Crippen LogP contribution in [0.3, 0.4) is 0 Å². The summed E-state index contributed by atoms with van der Waals surface area (Å²) in [4.78, 5) is 11.4. The molecule has 0 aliphatic heterocycles. The van der Waals surface area contributed by atoms with E-state index in [1.165, 1.54) is 12.4 Å². The van der Waals surface area contributed by atoms with Crippen molar-refractivity contribution in [3.05, 3.63) is 0 Å². The van der Waals surface area contributed by atoms with Gasteiger partial charge in [-0.25, -0.2) is 13.9 Å². The van der Waals surface area contributed by atoms with Crippen LogP contribution in [0, 0.1) is 5.41 Å². The highest BCUT2D eigenvalue weighted by Crippen LogP contribution is 2.36. The smallest absolute Gasteiger partial charge is 0.265 e. The van der Waals surface area contributed by atoms with E-state index in [-0.39, 0.29) is 0 Å². The van der Waals surface area contributed by atoms with Crippen LogP contribution in [0.5, 0.6) is 0 Å². The summed E-state index contributed by atoms with van der Waals surface area (Å²) in [6.07, 6.45) is 0.980. The molecule has 6 heteroatoms. The second-order valence-corrected chi connectivity index (χ2v) is 6.86. The predicted octanol–water partition coefficient (Wildman–Crippen LogP) is 0.341. The van der Waals surface area contributed by atoms with Gasteiger partial charge in [0.05, 0.1) is 0 Å². The zero-order chi connectivity index (χ0) is 11.8. The van der Waals surface area contributed by atoms with E-state index < -0.39 is 25.9 Å². The van der Waals surface area contributed by atoms with Gasteiger partial charge in [0.2, 0.25) is 0 Å². The average molecular weight is 223 g/mol. The minimum atomic E-state index is -3.61. The SMILES string of the molecule is CC(C)(C)C(C)(C(=O)NO)S(C)(=O)=O. The molecule has 0 spiro atoms. The Kier molecular flexibility index (Phi) is 3.35. The van der Waals surface area contributed by atoms with Crippen LogP contribution in [-0.4, -0.2) is 30.5 Å². The fourth-order valence-electron chi connectivity index (χ4n) is 1.17. The van der Waals surface area contributed by atoms with Crippen molar-refractivity contribution in [1.82, 2.24) is 5.48 Å². The number of hydroxylamine groups is 1. The quantitative estimate of drug-likeness (QED) is 0.522. The predicted molar refractivity (Wildman–Crippen MR) is 52.6 cm³/mol. The lowest BCUT2D eigenvalue weighted by Crippen LogP contribution is -2.57. The first-order valence-corrected chi connectivity index (χ1v) is 6.01.